The van der Waals surface area contributed by atoms with E-state index in [9.17, 15) is 0 Å². The third-order valence-electron chi connectivity index (χ3n) is 2.50. The van der Waals surface area contributed by atoms with Crippen molar-refractivity contribution in [3.63, 3.8) is 0 Å². The van der Waals surface area contributed by atoms with Gasteiger partial charge in [-0.25, -0.2) is 20.0 Å². The lowest BCUT2D eigenvalue weighted by Crippen LogP contribution is -2.09. The zero-order valence-corrected chi connectivity index (χ0v) is 13.3. The average Bonchev–Trinajstić information content (AvgIpc) is 2.65. The molecular formula is C12H18BrN3OS. The number of fused-ring (bicyclic) bond motifs is 1. The molecule has 6 heteroatoms. The van der Waals surface area contributed by atoms with Crippen molar-refractivity contribution in [3.8, 4) is 0 Å². The summed E-state index contributed by atoms with van der Waals surface area (Å²) in [6.45, 7) is 1.33. The van der Waals surface area contributed by atoms with Gasteiger partial charge in [-0.3, -0.25) is 0 Å². The lowest BCUT2D eigenvalue weighted by molar-refractivity contribution is 0.0923. The Morgan fingerprint density at radius 1 is 1.39 bits per heavy atom. The highest BCUT2D eigenvalue weighted by molar-refractivity contribution is 9.10. The molecule has 0 saturated heterocycles. The summed E-state index contributed by atoms with van der Waals surface area (Å²) in [7, 11) is -0.482. The average molecular weight is 332 g/mol. The molecule has 0 aliphatic heterocycles. The lowest BCUT2D eigenvalue weighted by atomic mass is 10.5. The van der Waals surface area contributed by atoms with E-state index >= 15 is 0 Å². The third kappa shape index (κ3) is 3.70. The molecule has 0 bridgehead atoms. The number of hydrogen-bond acceptors (Lipinski definition) is 3. The van der Waals surface area contributed by atoms with E-state index in [-0.39, 0.29) is 0 Å². The van der Waals surface area contributed by atoms with E-state index in [1.54, 1.807) is 6.20 Å². The largest absolute Gasteiger partial charge is 0.360 e. The van der Waals surface area contributed by atoms with Gasteiger partial charge >= 0.3 is 0 Å². The second-order valence-corrected chi connectivity index (χ2v) is 10.4. The van der Waals surface area contributed by atoms with Gasteiger partial charge in [-0.15, -0.1) is 0 Å². The van der Waals surface area contributed by atoms with Gasteiger partial charge in [-0.1, -0.05) is 0 Å². The summed E-state index contributed by atoms with van der Waals surface area (Å²) in [5.41, 5.74) is 1.75. The zero-order valence-electron chi connectivity index (χ0n) is 10.9. The molecule has 0 unspecified atom stereocenters. The van der Waals surface area contributed by atoms with Crippen LogP contribution in [0.3, 0.4) is 0 Å². The Labute approximate surface area is 117 Å². The lowest BCUT2D eigenvalue weighted by Gasteiger charge is -2.24. The molecule has 2 aromatic rings. The number of rotatable bonds is 5. The van der Waals surface area contributed by atoms with Crippen molar-refractivity contribution in [2.45, 2.75) is 6.73 Å². The minimum absolute atomic E-state index is 0.482. The first-order chi connectivity index (χ1) is 8.46. The maximum absolute atomic E-state index is 5.70. The molecular weight excluding hydrogens is 314 g/mol. The Morgan fingerprint density at radius 2 is 2.17 bits per heavy atom. The van der Waals surface area contributed by atoms with Gasteiger partial charge < -0.3 is 9.30 Å². The van der Waals surface area contributed by atoms with Crippen molar-refractivity contribution >= 4 is 37.1 Å². The molecule has 0 fully saturated rings. The summed E-state index contributed by atoms with van der Waals surface area (Å²) >= 11 is 3.32. The van der Waals surface area contributed by atoms with E-state index in [0.717, 1.165) is 28.1 Å². The number of hydrogen-bond donors (Lipinski definition) is 0. The molecule has 18 heavy (non-hydrogen) atoms. The Balaban J connectivity index is 1.96. The first-order valence-electron chi connectivity index (χ1n) is 5.67. The molecule has 0 saturated carbocycles. The SMILES string of the molecule is CS(C)(C)CCOCn1ccc2nc(Br)cnc21. The van der Waals surface area contributed by atoms with Gasteiger partial charge in [-0.2, -0.15) is 0 Å². The normalized spacial score (nSPS) is 13.1. The second kappa shape index (κ2) is 5.59. The highest BCUT2D eigenvalue weighted by atomic mass is 79.9. The molecule has 2 heterocycles. The van der Waals surface area contributed by atoms with Crippen molar-refractivity contribution in [1.82, 2.24) is 14.5 Å². The summed E-state index contributed by atoms with van der Waals surface area (Å²) < 4.78 is 8.43. The molecule has 0 N–H and O–H groups in total. The smallest absolute Gasteiger partial charge is 0.160 e. The van der Waals surface area contributed by atoms with E-state index in [1.165, 1.54) is 0 Å². The molecule has 0 spiro atoms. The second-order valence-electron chi connectivity index (χ2n) is 5.02. The molecule has 0 atom stereocenters. The fourth-order valence-electron chi connectivity index (χ4n) is 1.51. The van der Waals surface area contributed by atoms with Crippen LogP contribution in [0.5, 0.6) is 0 Å². The predicted octanol–water partition coefficient (Wildman–Crippen LogP) is 2.86. The summed E-state index contributed by atoms with van der Waals surface area (Å²) in [5.74, 6) is 1.13. The summed E-state index contributed by atoms with van der Waals surface area (Å²) in [6.07, 6.45) is 10.6. The minimum Gasteiger partial charge on any atom is -0.360 e. The standard InChI is InChI=1S/C12H18BrN3OS/c1-18(2,3)7-6-17-9-16-5-4-10-12(16)14-8-11(13)15-10/h4-5,8H,6-7,9H2,1-3H3. The molecule has 2 rings (SSSR count). The molecule has 4 nitrogen and oxygen atoms in total. The minimum atomic E-state index is -0.482. The van der Waals surface area contributed by atoms with E-state index in [2.05, 4.69) is 44.7 Å². The summed E-state index contributed by atoms with van der Waals surface area (Å²) in [5, 5.41) is 0. The van der Waals surface area contributed by atoms with Crippen LogP contribution < -0.4 is 0 Å². The van der Waals surface area contributed by atoms with Gasteiger partial charge in [0.25, 0.3) is 0 Å². The van der Waals surface area contributed by atoms with Gasteiger partial charge in [0, 0.05) is 11.9 Å². The van der Waals surface area contributed by atoms with Crippen LogP contribution in [0.1, 0.15) is 0 Å². The van der Waals surface area contributed by atoms with Crippen LogP contribution in [-0.4, -0.2) is 45.7 Å². The van der Waals surface area contributed by atoms with E-state index in [4.69, 9.17) is 4.74 Å². The van der Waals surface area contributed by atoms with Crippen LogP contribution in [0.2, 0.25) is 0 Å². The number of ether oxygens (including phenoxy) is 1. The first kappa shape index (κ1) is 13.8. The topological polar surface area (TPSA) is 39.9 Å². The van der Waals surface area contributed by atoms with E-state index in [0.29, 0.717) is 6.73 Å². The summed E-state index contributed by atoms with van der Waals surface area (Å²) in [6, 6.07) is 1.95. The Bertz CT molecular complexity index is 536. The molecule has 0 aliphatic carbocycles. The fourth-order valence-corrected chi connectivity index (χ4v) is 2.43. The Kier molecular flexibility index (Phi) is 4.29. The highest BCUT2D eigenvalue weighted by Gasteiger charge is 2.06. The highest BCUT2D eigenvalue weighted by Crippen LogP contribution is 2.33. The Hall–Kier alpha value is -0.590. The van der Waals surface area contributed by atoms with E-state index in [1.807, 2.05) is 16.8 Å². The van der Waals surface area contributed by atoms with Gasteiger partial charge in [0.15, 0.2) is 5.65 Å². The maximum Gasteiger partial charge on any atom is 0.160 e. The van der Waals surface area contributed by atoms with Crippen molar-refractivity contribution in [1.29, 1.82) is 0 Å². The predicted molar refractivity (Wildman–Crippen MR) is 81.4 cm³/mol. The molecule has 0 radical (unpaired) electrons. The van der Waals surface area contributed by atoms with Gasteiger partial charge in [0.05, 0.1) is 12.8 Å². The van der Waals surface area contributed by atoms with Crippen LogP contribution in [0.25, 0.3) is 11.2 Å². The number of nitrogens with zero attached hydrogens (tertiary/aromatic N) is 3. The molecule has 100 valence electrons. The maximum atomic E-state index is 5.70. The van der Waals surface area contributed by atoms with Crippen LogP contribution in [0, 0.1) is 0 Å². The van der Waals surface area contributed by atoms with Crippen molar-refractivity contribution in [3.05, 3.63) is 23.1 Å². The van der Waals surface area contributed by atoms with Gasteiger partial charge in [0.1, 0.15) is 16.9 Å². The van der Waals surface area contributed by atoms with E-state index < -0.39 is 10.0 Å². The Morgan fingerprint density at radius 3 is 2.89 bits per heavy atom. The third-order valence-corrected chi connectivity index (χ3v) is 4.28. The van der Waals surface area contributed by atoms with Crippen LogP contribution in [0.4, 0.5) is 0 Å². The molecule has 0 aliphatic rings. The monoisotopic (exact) mass is 331 g/mol. The number of aromatic nitrogens is 3. The zero-order chi connectivity index (χ0) is 13.2. The van der Waals surface area contributed by atoms with Crippen LogP contribution >= 0.6 is 26.0 Å². The van der Waals surface area contributed by atoms with Crippen molar-refractivity contribution in [2.24, 2.45) is 0 Å². The van der Waals surface area contributed by atoms with Gasteiger partial charge in [0.2, 0.25) is 0 Å². The van der Waals surface area contributed by atoms with Crippen molar-refractivity contribution < 1.29 is 4.74 Å². The van der Waals surface area contributed by atoms with Gasteiger partial charge in [-0.05, 0) is 40.8 Å². The first-order valence-corrected chi connectivity index (χ1v) is 9.49. The van der Waals surface area contributed by atoms with Crippen molar-refractivity contribution in [2.75, 3.05) is 31.1 Å². The molecule has 0 amide bonds. The van der Waals surface area contributed by atoms with Crippen LogP contribution in [-0.2, 0) is 11.5 Å². The number of halogens is 1. The van der Waals surface area contributed by atoms with Crippen LogP contribution in [0.15, 0.2) is 23.1 Å². The molecule has 2 aromatic heterocycles. The quantitative estimate of drug-likeness (QED) is 0.791. The summed E-state index contributed by atoms with van der Waals surface area (Å²) in [4.78, 5) is 8.69. The molecule has 0 aromatic carbocycles. The fraction of sp³-hybridized carbons (Fsp3) is 0.500.